The molecule has 0 aliphatic rings. The minimum absolute atomic E-state index is 0.00662. The van der Waals surface area contributed by atoms with Crippen LogP contribution in [0.5, 0.6) is 0 Å². The van der Waals surface area contributed by atoms with Crippen LogP contribution in [0.3, 0.4) is 0 Å². The van der Waals surface area contributed by atoms with Gasteiger partial charge in [-0.05, 0) is 6.42 Å². The highest BCUT2D eigenvalue weighted by molar-refractivity contribution is 5.72. The number of hydrogen-bond acceptors (Lipinski definition) is 6. The minimum Gasteiger partial charge on any atom is -0.351 e. The Bertz CT molecular complexity index is 605. The first-order valence-corrected chi connectivity index (χ1v) is 7.02. The van der Waals surface area contributed by atoms with Gasteiger partial charge in [0.05, 0.1) is 5.69 Å². The molecule has 0 aliphatic carbocycles. The Morgan fingerprint density at radius 1 is 1.38 bits per heavy atom. The van der Waals surface area contributed by atoms with Crippen LogP contribution in [0.25, 0.3) is 11.7 Å². The molecule has 2 aromatic rings. The van der Waals surface area contributed by atoms with Gasteiger partial charge in [-0.3, -0.25) is 4.79 Å². The molecular weight excluding hydrogens is 272 g/mol. The SMILES string of the molecule is CCC(C)c1cc(-c2nc(CCN(C)C(C)=O)no2)on1. The van der Waals surface area contributed by atoms with Gasteiger partial charge in [-0.15, -0.1) is 0 Å². The highest BCUT2D eigenvalue weighted by Gasteiger charge is 2.17. The van der Waals surface area contributed by atoms with Gasteiger partial charge < -0.3 is 13.9 Å². The average Bonchev–Trinajstić information content (AvgIpc) is 3.12. The molecule has 114 valence electrons. The summed E-state index contributed by atoms with van der Waals surface area (Å²) in [6, 6.07) is 1.83. The van der Waals surface area contributed by atoms with Crippen LogP contribution in [0, 0.1) is 0 Å². The lowest BCUT2D eigenvalue weighted by Crippen LogP contribution is -2.26. The van der Waals surface area contributed by atoms with Gasteiger partial charge in [0, 0.05) is 38.9 Å². The molecule has 2 rings (SSSR count). The maximum atomic E-state index is 11.1. The molecule has 1 unspecified atom stereocenters. The van der Waals surface area contributed by atoms with E-state index in [2.05, 4.69) is 29.1 Å². The maximum absolute atomic E-state index is 11.1. The molecule has 2 heterocycles. The molecule has 0 saturated carbocycles. The van der Waals surface area contributed by atoms with Crippen molar-refractivity contribution >= 4 is 5.91 Å². The number of amides is 1. The summed E-state index contributed by atoms with van der Waals surface area (Å²) >= 11 is 0. The number of aromatic nitrogens is 3. The van der Waals surface area contributed by atoms with Gasteiger partial charge in [0.25, 0.3) is 5.89 Å². The van der Waals surface area contributed by atoms with Crippen LogP contribution < -0.4 is 0 Å². The van der Waals surface area contributed by atoms with Crippen molar-refractivity contribution in [2.75, 3.05) is 13.6 Å². The molecule has 0 radical (unpaired) electrons. The number of hydrogen-bond donors (Lipinski definition) is 0. The Labute approximate surface area is 123 Å². The molecule has 0 aromatic carbocycles. The molecule has 0 aliphatic heterocycles. The molecule has 2 aromatic heterocycles. The van der Waals surface area contributed by atoms with E-state index in [1.54, 1.807) is 11.9 Å². The molecular formula is C14H20N4O3. The van der Waals surface area contributed by atoms with Gasteiger partial charge in [0.2, 0.25) is 11.7 Å². The van der Waals surface area contributed by atoms with Crippen molar-refractivity contribution in [2.24, 2.45) is 0 Å². The molecule has 0 spiro atoms. The number of carbonyl (C=O) groups is 1. The zero-order chi connectivity index (χ0) is 15.4. The molecule has 1 atom stereocenters. The summed E-state index contributed by atoms with van der Waals surface area (Å²) in [6.07, 6.45) is 1.52. The summed E-state index contributed by atoms with van der Waals surface area (Å²) in [6.45, 7) is 6.24. The fourth-order valence-electron chi connectivity index (χ4n) is 1.71. The maximum Gasteiger partial charge on any atom is 0.296 e. The van der Waals surface area contributed by atoms with Crippen molar-refractivity contribution in [3.63, 3.8) is 0 Å². The first kappa shape index (κ1) is 15.2. The zero-order valence-corrected chi connectivity index (χ0v) is 12.8. The Kier molecular flexibility index (Phi) is 4.72. The quantitative estimate of drug-likeness (QED) is 0.811. The first-order chi connectivity index (χ1) is 10.0. The minimum atomic E-state index is 0.00662. The summed E-state index contributed by atoms with van der Waals surface area (Å²) < 4.78 is 10.4. The molecule has 0 bridgehead atoms. The lowest BCUT2D eigenvalue weighted by Gasteiger charge is -2.12. The summed E-state index contributed by atoms with van der Waals surface area (Å²) in [5.74, 6) is 1.67. The van der Waals surface area contributed by atoms with Gasteiger partial charge in [-0.2, -0.15) is 4.98 Å². The van der Waals surface area contributed by atoms with Crippen LogP contribution in [-0.2, 0) is 11.2 Å². The number of rotatable bonds is 6. The lowest BCUT2D eigenvalue weighted by atomic mass is 10.1. The zero-order valence-electron chi connectivity index (χ0n) is 12.8. The monoisotopic (exact) mass is 292 g/mol. The number of likely N-dealkylation sites (N-methyl/N-ethyl adjacent to an activating group) is 1. The second kappa shape index (κ2) is 6.51. The molecule has 0 saturated heterocycles. The van der Waals surface area contributed by atoms with Gasteiger partial charge >= 0.3 is 0 Å². The van der Waals surface area contributed by atoms with E-state index < -0.39 is 0 Å². The number of nitrogens with zero attached hydrogens (tertiary/aromatic N) is 4. The van der Waals surface area contributed by atoms with E-state index in [9.17, 15) is 4.79 Å². The second-order valence-corrected chi connectivity index (χ2v) is 5.13. The third kappa shape index (κ3) is 3.68. The van der Waals surface area contributed by atoms with Gasteiger partial charge in [-0.1, -0.05) is 24.2 Å². The van der Waals surface area contributed by atoms with E-state index >= 15 is 0 Å². The average molecular weight is 292 g/mol. The van der Waals surface area contributed by atoms with Crippen molar-refractivity contribution in [1.82, 2.24) is 20.2 Å². The van der Waals surface area contributed by atoms with Crippen LogP contribution in [0.4, 0.5) is 0 Å². The molecule has 7 nitrogen and oxygen atoms in total. The highest BCUT2D eigenvalue weighted by atomic mass is 16.5. The Balaban J connectivity index is 2.02. The van der Waals surface area contributed by atoms with Crippen LogP contribution in [0.2, 0.25) is 0 Å². The Morgan fingerprint density at radius 2 is 2.14 bits per heavy atom. The van der Waals surface area contributed by atoms with E-state index in [1.165, 1.54) is 6.92 Å². The number of carbonyl (C=O) groups excluding carboxylic acids is 1. The predicted molar refractivity (Wildman–Crippen MR) is 75.5 cm³/mol. The van der Waals surface area contributed by atoms with Crippen LogP contribution in [0.15, 0.2) is 15.1 Å². The van der Waals surface area contributed by atoms with E-state index in [0.29, 0.717) is 36.4 Å². The molecule has 1 amide bonds. The third-order valence-electron chi connectivity index (χ3n) is 3.53. The molecule has 0 fully saturated rings. The smallest absolute Gasteiger partial charge is 0.296 e. The fourth-order valence-corrected chi connectivity index (χ4v) is 1.71. The molecule has 21 heavy (non-hydrogen) atoms. The van der Waals surface area contributed by atoms with Crippen molar-refractivity contribution in [2.45, 2.75) is 39.5 Å². The van der Waals surface area contributed by atoms with Crippen LogP contribution in [-0.4, -0.2) is 39.7 Å². The summed E-state index contributed by atoms with van der Waals surface area (Å²) in [4.78, 5) is 17.0. The van der Waals surface area contributed by atoms with E-state index in [-0.39, 0.29) is 5.91 Å². The Morgan fingerprint density at radius 3 is 2.81 bits per heavy atom. The van der Waals surface area contributed by atoms with Crippen molar-refractivity contribution in [3.05, 3.63) is 17.6 Å². The van der Waals surface area contributed by atoms with Gasteiger partial charge in [-0.25, -0.2) is 0 Å². The molecule has 0 N–H and O–H groups in total. The van der Waals surface area contributed by atoms with E-state index in [4.69, 9.17) is 9.05 Å². The van der Waals surface area contributed by atoms with Crippen molar-refractivity contribution in [3.8, 4) is 11.7 Å². The third-order valence-corrected chi connectivity index (χ3v) is 3.53. The van der Waals surface area contributed by atoms with Gasteiger partial charge in [0.1, 0.15) is 0 Å². The van der Waals surface area contributed by atoms with Gasteiger partial charge in [0.15, 0.2) is 5.82 Å². The van der Waals surface area contributed by atoms with E-state index in [0.717, 1.165) is 12.1 Å². The molecule has 7 heteroatoms. The standard InChI is InChI=1S/C14H20N4O3/c1-5-9(2)11-8-12(20-16-11)14-15-13(17-21-14)6-7-18(4)10(3)19/h8-9H,5-7H2,1-4H3. The highest BCUT2D eigenvalue weighted by Crippen LogP contribution is 2.24. The summed E-state index contributed by atoms with van der Waals surface area (Å²) in [7, 11) is 1.73. The van der Waals surface area contributed by atoms with Crippen LogP contribution >= 0.6 is 0 Å². The van der Waals surface area contributed by atoms with Crippen molar-refractivity contribution < 1.29 is 13.8 Å². The summed E-state index contributed by atoms with van der Waals surface area (Å²) in [5, 5.41) is 7.90. The van der Waals surface area contributed by atoms with Crippen LogP contribution in [0.1, 0.15) is 44.6 Å². The second-order valence-electron chi connectivity index (χ2n) is 5.13. The van der Waals surface area contributed by atoms with Crippen molar-refractivity contribution in [1.29, 1.82) is 0 Å². The Hall–Kier alpha value is -2.18. The first-order valence-electron chi connectivity index (χ1n) is 7.02. The lowest BCUT2D eigenvalue weighted by molar-refractivity contribution is -0.127. The normalized spacial score (nSPS) is 12.4. The fraction of sp³-hybridized carbons (Fsp3) is 0.571. The van der Waals surface area contributed by atoms with E-state index in [1.807, 2.05) is 6.07 Å². The topological polar surface area (TPSA) is 85.3 Å². The largest absolute Gasteiger partial charge is 0.351 e. The summed E-state index contributed by atoms with van der Waals surface area (Å²) in [5.41, 5.74) is 0.878. The predicted octanol–water partition coefficient (Wildman–Crippen LogP) is 2.26.